The summed E-state index contributed by atoms with van der Waals surface area (Å²) in [6.45, 7) is 0.630. The molecule has 1 amide bonds. The molecule has 3 heterocycles. The minimum absolute atomic E-state index is 0.0370. The lowest BCUT2D eigenvalue weighted by Gasteiger charge is -2.37. The average Bonchev–Trinajstić information content (AvgIpc) is 3.80. The van der Waals surface area contributed by atoms with E-state index < -0.39 is 35.4 Å². The number of amides is 1. The van der Waals surface area contributed by atoms with Gasteiger partial charge in [-0.05, 0) is 83.8 Å². The van der Waals surface area contributed by atoms with Crippen LogP contribution in [-0.4, -0.2) is 59.8 Å². The van der Waals surface area contributed by atoms with E-state index in [4.69, 9.17) is 39.8 Å². The predicted octanol–water partition coefficient (Wildman–Crippen LogP) is 8.89. The fourth-order valence-electron chi connectivity index (χ4n) is 8.03. The van der Waals surface area contributed by atoms with Gasteiger partial charge in [-0.2, -0.15) is 4.98 Å². The molecule has 5 aromatic rings. The van der Waals surface area contributed by atoms with Crippen LogP contribution in [0.5, 0.6) is 11.5 Å². The molecule has 4 aromatic carbocycles. The number of nitrogens with one attached hydrogen (secondary N) is 1. The van der Waals surface area contributed by atoms with Crippen LogP contribution in [0.2, 0.25) is 0 Å². The molecular weight excluding hydrogens is 794 g/mol. The summed E-state index contributed by atoms with van der Waals surface area (Å²) in [4.78, 5) is 30.7. The molecule has 14 heteroatoms. The number of aromatic nitrogens is 2. The van der Waals surface area contributed by atoms with Gasteiger partial charge in [0.2, 0.25) is 5.69 Å². The van der Waals surface area contributed by atoms with E-state index >= 15 is 0 Å². The molecule has 2 aliphatic heterocycles. The first-order valence-electron chi connectivity index (χ1n) is 19.4. The van der Waals surface area contributed by atoms with Crippen LogP contribution in [0.15, 0.2) is 126 Å². The van der Waals surface area contributed by atoms with Gasteiger partial charge in [-0.25, -0.2) is 4.79 Å². The highest BCUT2D eigenvalue weighted by Crippen LogP contribution is 2.74. The molecular formula is C44H46N3O8PS2. The summed E-state index contributed by atoms with van der Waals surface area (Å²) < 4.78 is 39.8. The molecule has 1 spiro atoms. The maximum atomic E-state index is 13.6. The summed E-state index contributed by atoms with van der Waals surface area (Å²) in [6.07, 6.45) is 5.48. The van der Waals surface area contributed by atoms with Gasteiger partial charge in [-0.3, -0.25) is 9.36 Å². The Morgan fingerprint density at radius 2 is 1.48 bits per heavy atom. The summed E-state index contributed by atoms with van der Waals surface area (Å²) in [6, 6.07) is 36.1. The predicted molar refractivity (Wildman–Crippen MR) is 228 cm³/mol. The third kappa shape index (κ3) is 8.54. The van der Waals surface area contributed by atoms with Crippen molar-refractivity contribution in [2.45, 2.75) is 67.3 Å². The molecule has 0 bridgehead atoms. The second-order valence-electron chi connectivity index (χ2n) is 14.7. The highest BCUT2D eigenvalue weighted by molar-refractivity contribution is 8.68. The topological polar surface area (TPSA) is 119 Å². The van der Waals surface area contributed by atoms with E-state index in [2.05, 4.69) is 10.3 Å². The molecule has 0 unspecified atom stereocenters. The van der Waals surface area contributed by atoms with Crippen LogP contribution in [0.1, 0.15) is 71.8 Å². The molecule has 1 N–H and O–H groups in total. The molecule has 58 heavy (non-hydrogen) atoms. The Balaban J connectivity index is 1.13. The van der Waals surface area contributed by atoms with E-state index in [0.717, 1.165) is 42.4 Å². The van der Waals surface area contributed by atoms with Crippen molar-refractivity contribution >= 4 is 40.6 Å². The van der Waals surface area contributed by atoms with Gasteiger partial charge in [0.1, 0.15) is 35.2 Å². The lowest BCUT2D eigenvalue weighted by molar-refractivity contribution is -0.0914. The number of nitrogens with zero attached hydrogens (tertiary/aromatic N) is 2. The lowest BCUT2D eigenvalue weighted by atomic mass is 9.80. The van der Waals surface area contributed by atoms with E-state index in [0.29, 0.717) is 30.1 Å². The Labute approximate surface area is 347 Å². The van der Waals surface area contributed by atoms with Crippen molar-refractivity contribution in [1.82, 2.24) is 9.55 Å². The Morgan fingerprint density at radius 3 is 2.09 bits per heavy atom. The Morgan fingerprint density at radius 1 is 0.879 bits per heavy atom. The largest absolute Gasteiger partial charge is 0.497 e. The molecule has 2 saturated heterocycles. The van der Waals surface area contributed by atoms with Crippen molar-refractivity contribution in [1.29, 1.82) is 0 Å². The van der Waals surface area contributed by atoms with Gasteiger partial charge in [0.15, 0.2) is 0 Å². The summed E-state index contributed by atoms with van der Waals surface area (Å²) >= 11 is 7.90. The highest BCUT2D eigenvalue weighted by Gasteiger charge is 2.50. The van der Waals surface area contributed by atoms with E-state index in [1.807, 2.05) is 84.9 Å². The maximum Gasteiger partial charge on any atom is 0.351 e. The number of rotatable bonds is 13. The number of methoxy groups -OCH3 is 2. The molecule has 302 valence electrons. The minimum Gasteiger partial charge on any atom is -0.497 e. The minimum atomic E-state index is -2.79. The average molecular weight is 840 g/mol. The molecule has 1 aromatic heterocycles. The van der Waals surface area contributed by atoms with Gasteiger partial charge in [-0.15, -0.1) is 0 Å². The van der Waals surface area contributed by atoms with Gasteiger partial charge in [0.05, 0.1) is 33.5 Å². The fraction of sp³-hybridized carbons (Fsp3) is 0.341. The van der Waals surface area contributed by atoms with Crippen molar-refractivity contribution in [3.05, 3.63) is 154 Å². The third-order valence-electron chi connectivity index (χ3n) is 11.1. The van der Waals surface area contributed by atoms with Crippen LogP contribution in [0.3, 0.4) is 0 Å². The summed E-state index contributed by atoms with van der Waals surface area (Å²) in [5.74, 6) is 1.19. The van der Waals surface area contributed by atoms with Crippen LogP contribution in [0.25, 0.3) is 0 Å². The Kier molecular flexibility index (Phi) is 12.2. The van der Waals surface area contributed by atoms with Crippen molar-refractivity contribution in [3.63, 3.8) is 0 Å². The van der Waals surface area contributed by atoms with Gasteiger partial charge in [0.25, 0.3) is 5.91 Å². The number of carbonyl (C=O) groups excluding carboxylic acids is 1. The third-order valence-corrected chi connectivity index (χ3v) is 16.8. The first-order chi connectivity index (χ1) is 28.2. The molecule has 3 aliphatic rings. The van der Waals surface area contributed by atoms with Crippen LogP contribution in [0.4, 0.5) is 5.82 Å². The fourth-order valence-corrected chi connectivity index (χ4v) is 15.1. The molecule has 0 radical (unpaired) electrons. The lowest BCUT2D eigenvalue weighted by Crippen LogP contribution is -2.38. The smallest absolute Gasteiger partial charge is 0.351 e. The van der Waals surface area contributed by atoms with Crippen molar-refractivity contribution < 1.29 is 32.8 Å². The van der Waals surface area contributed by atoms with Crippen LogP contribution in [-0.2, 0) is 35.9 Å². The normalized spacial score (nSPS) is 22.8. The Bertz CT molecular complexity index is 2240. The SMILES string of the molecule is COc1ccc(C(OC[C@H]2O[C@@H](n3ccc(NC(=O)c4ccccc4)nc3=O)C[C@@H]2O[P@@]2(=S)OCC3(CCCCC3)S2)(c2ccccc2)c2ccc(OC)cc2)cc1. The standard InChI is InChI=1S/C44H46N3O8PS2/c1-50-35-20-16-33(17-21-35)44(32-14-8-4-9-15-32,34-18-22-36(51-2)23-19-34)52-29-38-37(55-56(57)53-30-43(58-56)25-10-5-11-26-43)28-40(54-38)47-27-24-39(46-42(47)49)45-41(48)31-12-6-3-7-13-31/h3-4,6-9,12-24,27,37-38,40H,5,10-11,25-26,28-30H2,1-2H3,(H,45,46,48,49)/t37-,38+,40+,56+/m0/s1. The van der Waals surface area contributed by atoms with Gasteiger partial charge in [-0.1, -0.05) is 103 Å². The summed E-state index contributed by atoms with van der Waals surface area (Å²) in [5.41, 5.74) is -1.41. The first kappa shape index (κ1) is 40.4. The van der Waals surface area contributed by atoms with Gasteiger partial charge >= 0.3 is 5.69 Å². The number of hydrogen-bond acceptors (Lipinski definition) is 11. The van der Waals surface area contributed by atoms with Crippen molar-refractivity contribution in [3.8, 4) is 11.5 Å². The van der Waals surface area contributed by atoms with Gasteiger partial charge < -0.3 is 33.3 Å². The maximum absolute atomic E-state index is 13.6. The molecule has 4 atom stereocenters. The number of ether oxygens (including phenoxy) is 4. The zero-order valence-corrected chi connectivity index (χ0v) is 34.9. The second-order valence-corrected chi connectivity index (χ2v) is 21.2. The molecule has 1 aliphatic carbocycles. The molecule has 3 fully saturated rings. The highest BCUT2D eigenvalue weighted by atomic mass is 32.9. The number of anilines is 1. The number of carbonyl (C=O) groups is 1. The number of benzene rings is 4. The zero-order chi connectivity index (χ0) is 40.2. The Hall–Kier alpha value is -4.33. The van der Waals surface area contributed by atoms with E-state index in [1.165, 1.54) is 11.0 Å². The zero-order valence-electron chi connectivity index (χ0n) is 32.4. The first-order valence-corrected chi connectivity index (χ1v) is 23.5. The van der Waals surface area contributed by atoms with E-state index in [1.54, 1.807) is 62.1 Å². The van der Waals surface area contributed by atoms with E-state index in [-0.39, 0.29) is 23.1 Å². The van der Waals surface area contributed by atoms with Gasteiger partial charge in [0, 0.05) is 22.9 Å². The van der Waals surface area contributed by atoms with Crippen molar-refractivity contribution in [2.24, 2.45) is 0 Å². The quantitative estimate of drug-likeness (QED) is 0.0905. The summed E-state index contributed by atoms with van der Waals surface area (Å²) in [7, 11) is 3.28. The molecule has 1 saturated carbocycles. The summed E-state index contributed by atoms with van der Waals surface area (Å²) in [5, 5.41) is 2.72. The second kappa shape index (κ2) is 17.5. The van der Waals surface area contributed by atoms with Crippen LogP contribution in [0, 0.1) is 0 Å². The van der Waals surface area contributed by atoms with Crippen molar-refractivity contribution in [2.75, 3.05) is 32.8 Å². The molecule has 11 nitrogen and oxygen atoms in total. The molecule has 8 rings (SSSR count). The number of hydrogen-bond donors (Lipinski definition) is 1. The van der Waals surface area contributed by atoms with E-state index in [9.17, 15) is 9.59 Å². The monoisotopic (exact) mass is 839 g/mol. The van der Waals surface area contributed by atoms with Crippen LogP contribution >= 0.6 is 17.1 Å². The van der Waals surface area contributed by atoms with Crippen LogP contribution < -0.4 is 20.5 Å².